The van der Waals surface area contributed by atoms with Crippen LogP contribution in [0.15, 0.2) is 24.3 Å². The Labute approximate surface area is 144 Å². The molecule has 1 amide bonds. The van der Waals surface area contributed by atoms with Gasteiger partial charge in [0.05, 0.1) is 6.04 Å². The lowest BCUT2D eigenvalue weighted by Crippen LogP contribution is -2.40. The maximum atomic E-state index is 12.1. The van der Waals surface area contributed by atoms with Gasteiger partial charge in [-0.15, -0.1) is 0 Å². The molecule has 1 aromatic heterocycles. The fourth-order valence-corrected chi connectivity index (χ4v) is 3.93. The summed E-state index contributed by atoms with van der Waals surface area (Å²) in [5, 5.41) is 1.30. The zero-order valence-electron chi connectivity index (χ0n) is 15.0. The van der Waals surface area contributed by atoms with Crippen LogP contribution < -0.4 is 5.73 Å². The fourth-order valence-electron chi connectivity index (χ4n) is 3.93. The minimum Gasteiger partial charge on any atom is -0.356 e. The average Bonchev–Trinajstić information content (AvgIpc) is 2.97. The third-order valence-electron chi connectivity index (χ3n) is 5.71. The highest BCUT2D eigenvalue weighted by Crippen LogP contribution is 2.37. The Morgan fingerprint density at radius 2 is 2.17 bits per heavy atom. The molecule has 4 nitrogen and oxygen atoms in total. The summed E-state index contributed by atoms with van der Waals surface area (Å²) in [4.78, 5) is 17.7. The molecule has 0 saturated heterocycles. The summed E-state index contributed by atoms with van der Waals surface area (Å²) in [6.07, 6.45) is 3.88. The lowest BCUT2D eigenvalue weighted by molar-refractivity contribution is -0.132. The van der Waals surface area contributed by atoms with E-state index in [9.17, 15) is 4.79 Å². The minimum atomic E-state index is 0.119. The largest absolute Gasteiger partial charge is 0.356 e. The first kappa shape index (κ1) is 17.0. The molecule has 0 aliphatic carbocycles. The van der Waals surface area contributed by atoms with Gasteiger partial charge in [-0.3, -0.25) is 4.79 Å². The number of fused-ring (bicyclic) bond motifs is 3. The Hall–Kier alpha value is -1.81. The molecule has 0 fully saturated rings. The number of benzene rings is 1. The van der Waals surface area contributed by atoms with Crippen molar-refractivity contribution in [1.29, 1.82) is 0 Å². The van der Waals surface area contributed by atoms with Gasteiger partial charge in [0.25, 0.3) is 0 Å². The van der Waals surface area contributed by atoms with Gasteiger partial charge in [0.1, 0.15) is 0 Å². The molecule has 3 atom stereocenters. The Morgan fingerprint density at radius 1 is 1.42 bits per heavy atom. The third kappa shape index (κ3) is 3.07. The minimum absolute atomic E-state index is 0.119. The number of hydrogen-bond donors (Lipinski definition) is 2. The van der Waals surface area contributed by atoms with Crippen molar-refractivity contribution in [1.82, 2.24) is 9.88 Å². The van der Waals surface area contributed by atoms with Crippen molar-refractivity contribution >= 4 is 16.8 Å². The van der Waals surface area contributed by atoms with Crippen LogP contribution in [-0.2, 0) is 11.2 Å². The standard InChI is InChI=1S/C20H29N3O/c1-4-13(2)17(21)9-10-19-20-16(11-12-23(19)14(3)24)15-7-5-6-8-18(15)22-20/h5-8,13,17,19,22H,4,9-12,21H2,1-3H3. The van der Waals surface area contributed by atoms with Gasteiger partial charge in [-0.2, -0.15) is 0 Å². The van der Waals surface area contributed by atoms with Gasteiger partial charge in [-0.25, -0.2) is 0 Å². The van der Waals surface area contributed by atoms with Gasteiger partial charge < -0.3 is 15.6 Å². The molecular formula is C20H29N3O. The first-order valence-corrected chi connectivity index (χ1v) is 9.15. The molecule has 3 unspecified atom stereocenters. The van der Waals surface area contributed by atoms with Crippen molar-refractivity contribution < 1.29 is 4.79 Å². The van der Waals surface area contributed by atoms with Gasteiger partial charge >= 0.3 is 0 Å². The van der Waals surface area contributed by atoms with Crippen LogP contribution in [0.1, 0.15) is 57.3 Å². The van der Waals surface area contributed by atoms with Crippen LogP contribution in [0.2, 0.25) is 0 Å². The Bertz CT molecular complexity index is 721. The monoisotopic (exact) mass is 327 g/mol. The van der Waals surface area contributed by atoms with Crippen LogP contribution in [0, 0.1) is 5.92 Å². The molecule has 0 bridgehead atoms. The van der Waals surface area contributed by atoms with Crippen molar-refractivity contribution in [2.75, 3.05) is 6.54 Å². The quantitative estimate of drug-likeness (QED) is 0.878. The van der Waals surface area contributed by atoms with Crippen molar-refractivity contribution in [3.05, 3.63) is 35.5 Å². The molecule has 1 aliphatic heterocycles. The molecule has 3 N–H and O–H groups in total. The van der Waals surface area contributed by atoms with E-state index in [1.54, 1.807) is 6.92 Å². The molecule has 0 spiro atoms. The molecule has 1 aliphatic rings. The highest BCUT2D eigenvalue weighted by Gasteiger charge is 2.32. The average molecular weight is 327 g/mol. The van der Waals surface area contributed by atoms with Crippen LogP contribution >= 0.6 is 0 Å². The molecule has 2 heterocycles. The number of amides is 1. The number of nitrogens with two attached hydrogens (primary N) is 1. The number of aromatic amines is 1. The number of aromatic nitrogens is 1. The van der Waals surface area contributed by atoms with Gasteiger partial charge in [-0.1, -0.05) is 38.5 Å². The van der Waals surface area contributed by atoms with Gasteiger partial charge in [-0.05, 0) is 36.8 Å². The topological polar surface area (TPSA) is 62.1 Å². The maximum absolute atomic E-state index is 12.1. The second kappa shape index (κ2) is 6.98. The fraction of sp³-hybridized carbons (Fsp3) is 0.550. The molecule has 24 heavy (non-hydrogen) atoms. The lowest BCUT2D eigenvalue weighted by Gasteiger charge is -2.36. The van der Waals surface area contributed by atoms with Crippen LogP contribution in [0.3, 0.4) is 0 Å². The summed E-state index contributed by atoms with van der Waals surface area (Å²) in [5.74, 6) is 0.669. The molecule has 130 valence electrons. The van der Waals surface area contributed by atoms with E-state index in [1.165, 1.54) is 22.2 Å². The van der Waals surface area contributed by atoms with E-state index in [0.29, 0.717) is 5.92 Å². The number of carbonyl (C=O) groups is 1. The van der Waals surface area contributed by atoms with E-state index >= 15 is 0 Å². The second-order valence-electron chi connectivity index (χ2n) is 7.17. The molecule has 3 rings (SSSR count). The van der Waals surface area contributed by atoms with Gasteiger partial charge in [0.2, 0.25) is 5.91 Å². The number of nitrogens with one attached hydrogen (secondary N) is 1. The lowest BCUT2D eigenvalue weighted by atomic mass is 9.89. The SMILES string of the molecule is CCC(C)C(N)CCC1c2[nH]c3ccccc3c2CCN1C(C)=O. The Morgan fingerprint density at radius 3 is 2.88 bits per heavy atom. The second-order valence-corrected chi connectivity index (χ2v) is 7.17. The molecule has 2 aromatic rings. The van der Waals surface area contributed by atoms with Crippen LogP contribution in [0.4, 0.5) is 0 Å². The molecular weight excluding hydrogens is 298 g/mol. The summed E-state index contributed by atoms with van der Waals surface area (Å²) in [6.45, 7) is 6.87. The first-order valence-electron chi connectivity index (χ1n) is 9.15. The Kier molecular flexibility index (Phi) is 4.95. The van der Waals surface area contributed by atoms with E-state index in [4.69, 9.17) is 5.73 Å². The van der Waals surface area contributed by atoms with Crippen molar-refractivity contribution in [3.63, 3.8) is 0 Å². The number of nitrogens with zero attached hydrogens (tertiary/aromatic N) is 1. The predicted octanol–water partition coefficient (Wildman–Crippen LogP) is 3.77. The number of hydrogen-bond acceptors (Lipinski definition) is 2. The maximum Gasteiger partial charge on any atom is 0.220 e. The van der Waals surface area contributed by atoms with Crippen molar-refractivity contribution in [3.8, 4) is 0 Å². The smallest absolute Gasteiger partial charge is 0.220 e. The van der Waals surface area contributed by atoms with Crippen molar-refractivity contribution in [2.24, 2.45) is 11.7 Å². The number of H-pyrrole nitrogens is 1. The zero-order chi connectivity index (χ0) is 17.3. The zero-order valence-corrected chi connectivity index (χ0v) is 15.0. The highest BCUT2D eigenvalue weighted by molar-refractivity contribution is 5.86. The van der Waals surface area contributed by atoms with E-state index in [0.717, 1.165) is 32.2 Å². The third-order valence-corrected chi connectivity index (χ3v) is 5.71. The number of para-hydroxylation sites is 1. The van der Waals surface area contributed by atoms with Crippen LogP contribution in [-0.4, -0.2) is 28.4 Å². The summed E-state index contributed by atoms with van der Waals surface area (Å²) in [7, 11) is 0. The van der Waals surface area contributed by atoms with E-state index in [2.05, 4.69) is 43.1 Å². The van der Waals surface area contributed by atoms with Gasteiger partial charge in [0, 0.05) is 36.1 Å². The molecule has 1 aromatic carbocycles. The summed E-state index contributed by atoms with van der Waals surface area (Å²) < 4.78 is 0. The normalized spacial score (nSPS) is 20.0. The molecule has 0 radical (unpaired) electrons. The summed E-state index contributed by atoms with van der Waals surface area (Å²) in [6, 6.07) is 8.75. The van der Waals surface area contributed by atoms with Crippen LogP contribution in [0.25, 0.3) is 10.9 Å². The highest BCUT2D eigenvalue weighted by atomic mass is 16.2. The molecule has 4 heteroatoms. The summed E-state index contributed by atoms with van der Waals surface area (Å²) >= 11 is 0. The first-order chi connectivity index (χ1) is 11.5. The van der Waals surface area contributed by atoms with E-state index in [1.807, 2.05) is 4.90 Å². The predicted molar refractivity (Wildman–Crippen MR) is 98.8 cm³/mol. The van der Waals surface area contributed by atoms with Crippen molar-refractivity contribution in [2.45, 2.75) is 58.5 Å². The summed E-state index contributed by atoms with van der Waals surface area (Å²) in [5.41, 5.74) is 10.1. The van der Waals surface area contributed by atoms with Gasteiger partial charge in [0.15, 0.2) is 0 Å². The van der Waals surface area contributed by atoms with E-state index < -0.39 is 0 Å². The van der Waals surface area contributed by atoms with Crippen LogP contribution in [0.5, 0.6) is 0 Å². The Balaban J connectivity index is 1.90. The number of rotatable bonds is 5. The molecule has 0 saturated carbocycles. The van der Waals surface area contributed by atoms with E-state index in [-0.39, 0.29) is 18.0 Å². The number of carbonyl (C=O) groups excluding carboxylic acids is 1.